The van der Waals surface area contributed by atoms with Crippen LogP contribution in [0.5, 0.6) is 0 Å². The molecule has 5 heteroatoms. The molecule has 0 aliphatic rings. The first-order chi connectivity index (χ1) is 2.00. The predicted octanol–water partition coefficient (Wildman–Crippen LogP) is -0.637. The van der Waals surface area contributed by atoms with Crippen LogP contribution in [0, 0.1) is 23.7 Å². The van der Waals surface area contributed by atoms with E-state index in [1.165, 1.54) is 0 Å². The van der Waals surface area contributed by atoms with Crippen molar-refractivity contribution in [3.05, 3.63) is 13.1 Å². The van der Waals surface area contributed by atoms with Gasteiger partial charge < -0.3 is 29.1 Å². The number of rotatable bonds is 0. The van der Waals surface area contributed by atoms with Crippen molar-refractivity contribution < 1.29 is 39.3 Å². The molecule has 0 rings (SSSR count). The molecule has 0 heterocycles. The minimum atomic E-state index is 0. The molecule has 0 atom stereocenters. The summed E-state index contributed by atoms with van der Waals surface area (Å²) < 4.78 is 0. The second-order valence-electron chi connectivity index (χ2n) is 0. The van der Waals surface area contributed by atoms with Crippen molar-refractivity contribution in [2.75, 3.05) is 0 Å². The van der Waals surface area contributed by atoms with Crippen LogP contribution in [0.4, 0.5) is 0 Å². The van der Waals surface area contributed by atoms with Gasteiger partial charge in [-0.1, -0.05) is 0 Å². The fraction of sp³-hybridized carbons (Fsp3) is 0. The standard InChI is InChI=1S/2CN.Co.Fe.H2O/c2*1-2;;;/h;;;;1H2/q2*-1;+2;;. The van der Waals surface area contributed by atoms with Gasteiger partial charge in [-0.15, -0.1) is 0 Å². The van der Waals surface area contributed by atoms with E-state index in [0.29, 0.717) is 0 Å². The number of hydrogen-bond donors (Lipinski definition) is 0. The molecule has 0 aromatic heterocycles. The molecule has 0 saturated carbocycles. The molecular formula is C2H2CoFeN2O. The van der Waals surface area contributed by atoms with Gasteiger partial charge in [-0.25, -0.2) is 0 Å². The maximum atomic E-state index is 6.25. The Kier molecular flexibility index (Phi) is 1160000. The van der Waals surface area contributed by atoms with Gasteiger partial charge >= 0.3 is 16.8 Å². The minimum absolute atomic E-state index is 0. The summed E-state index contributed by atoms with van der Waals surface area (Å²) in [5.41, 5.74) is 0. The summed E-state index contributed by atoms with van der Waals surface area (Å²) >= 11 is 0. The average molecular weight is 185 g/mol. The molecule has 0 unspecified atom stereocenters. The SMILES string of the molecule is O.[C-]#N.[C-]#N.[Co+2].[Fe]. The fourth-order valence-corrected chi connectivity index (χ4v) is 0. The first-order valence-electron chi connectivity index (χ1n) is 0.447. The Morgan fingerprint density at radius 2 is 0.857 bits per heavy atom. The second-order valence-corrected chi connectivity index (χ2v) is 0. The molecule has 7 heavy (non-hydrogen) atoms. The van der Waals surface area contributed by atoms with E-state index in [2.05, 4.69) is 0 Å². The molecule has 0 spiro atoms. The molecule has 2 N–H and O–H groups in total. The Morgan fingerprint density at radius 3 is 0.857 bits per heavy atom. The first-order valence-corrected chi connectivity index (χ1v) is 0.447. The van der Waals surface area contributed by atoms with E-state index >= 15 is 0 Å². The molecule has 0 amide bonds. The largest absolute Gasteiger partial charge is 2.00 e. The van der Waals surface area contributed by atoms with Gasteiger partial charge in [0.1, 0.15) is 0 Å². The minimum Gasteiger partial charge on any atom is -0.512 e. The zero-order chi connectivity index (χ0) is 4.00. The van der Waals surface area contributed by atoms with Crippen molar-refractivity contribution in [2.24, 2.45) is 0 Å². The van der Waals surface area contributed by atoms with Crippen molar-refractivity contribution in [3.63, 3.8) is 0 Å². The molecule has 3 nitrogen and oxygen atoms in total. The molecule has 43 valence electrons. The molecule has 1 radical (unpaired) electrons. The van der Waals surface area contributed by atoms with Crippen LogP contribution in [-0.4, -0.2) is 5.48 Å². The van der Waals surface area contributed by atoms with Gasteiger partial charge in [-0.2, -0.15) is 0 Å². The quantitative estimate of drug-likeness (QED) is 0.371. The monoisotopic (exact) mass is 185 g/mol. The second kappa shape index (κ2) is 127000. The molecule has 0 aromatic carbocycles. The van der Waals surface area contributed by atoms with Gasteiger partial charge in [0, 0.05) is 17.1 Å². The van der Waals surface area contributed by atoms with Crippen molar-refractivity contribution in [1.29, 1.82) is 10.5 Å². The normalized spacial score (nSPS) is 0.571. The Hall–Kier alpha value is -0.0340. The van der Waals surface area contributed by atoms with Gasteiger partial charge in [0.2, 0.25) is 0 Å². The van der Waals surface area contributed by atoms with E-state index in [0.717, 1.165) is 0 Å². The summed E-state index contributed by atoms with van der Waals surface area (Å²) in [5, 5.41) is 12.5. The van der Waals surface area contributed by atoms with Crippen LogP contribution < -0.4 is 0 Å². The maximum absolute atomic E-state index is 6.25. The van der Waals surface area contributed by atoms with Crippen LogP contribution in [0.2, 0.25) is 0 Å². The molecular weight excluding hydrogens is 183 g/mol. The number of nitrogens with zero attached hydrogens (tertiary/aromatic N) is 2. The summed E-state index contributed by atoms with van der Waals surface area (Å²) in [4.78, 5) is 0. The van der Waals surface area contributed by atoms with E-state index in [-0.39, 0.29) is 39.3 Å². The van der Waals surface area contributed by atoms with Gasteiger partial charge in [0.15, 0.2) is 0 Å². The van der Waals surface area contributed by atoms with E-state index in [1.807, 2.05) is 0 Å². The molecule has 0 aromatic rings. The fourth-order valence-electron chi connectivity index (χ4n) is 0. The van der Waals surface area contributed by atoms with Crippen molar-refractivity contribution in [1.82, 2.24) is 0 Å². The van der Waals surface area contributed by atoms with E-state index in [1.54, 1.807) is 0 Å². The Labute approximate surface area is 63.3 Å². The first kappa shape index (κ1) is 64.1. The molecule has 0 aliphatic carbocycles. The summed E-state index contributed by atoms with van der Waals surface area (Å²) in [6.45, 7) is 9.50. The third-order valence-corrected chi connectivity index (χ3v) is 0. The Balaban J connectivity index is -0.00000000267. The van der Waals surface area contributed by atoms with Crippen LogP contribution in [0.15, 0.2) is 0 Å². The summed E-state index contributed by atoms with van der Waals surface area (Å²) in [6.07, 6.45) is 0. The third kappa shape index (κ3) is 81100. The van der Waals surface area contributed by atoms with Gasteiger partial charge in [-0.05, 0) is 0 Å². The summed E-state index contributed by atoms with van der Waals surface area (Å²) in [5.74, 6) is 0. The van der Waals surface area contributed by atoms with Gasteiger partial charge in [-0.3, -0.25) is 0 Å². The Morgan fingerprint density at radius 1 is 0.857 bits per heavy atom. The zero-order valence-electron chi connectivity index (χ0n) is 3.08. The molecule has 0 saturated heterocycles. The van der Waals surface area contributed by atoms with Crippen LogP contribution in [0.3, 0.4) is 0 Å². The smallest absolute Gasteiger partial charge is 0.512 e. The van der Waals surface area contributed by atoms with Crippen molar-refractivity contribution in [3.8, 4) is 0 Å². The predicted molar refractivity (Wildman–Crippen MR) is 13.5 cm³/mol. The van der Waals surface area contributed by atoms with Crippen molar-refractivity contribution >= 4 is 0 Å². The van der Waals surface area contributed by atoms with Gasteiger partial charge in [0.25, 0.3) is 0 Å². The molecule has 0 bridgehead atoms. The average Bonchev–Trinajstić information content (AvgIpc) is 1.50. The third-order valence-electron chi connectivity index (χ3n) is 0. The zero-order valence-corrected chi connectivity index (χ0v) is 5.23. The van der Waals surface area contributed by atoms with E-state index < -0.39 is 0 Å². The van der Waals surface area contributed by atoms with E-state index in [4.69, 9.17) is 23.7 Å². The van der Waals surface area contributed by atoms with Crippen LogP contribution in [0.1, 0.15) is 0 Å². The maximum Gasteiger partial charge on any atom is 2.00 e. The summed E-state index contributed by atoms with van der Waals surface area (Å²) in [6, 6.07) is 0. The Bertz CT molecular complexity index is 31.2. The van der Waals surface area contributed by atoms with Crippen LogP contribution in [0.25, 0.3) is 0 Å². The topological polar surface area (TPSA) is 79.1 Å². The van der Waals surface area contributed by atoms with E-state index in [9.17, 15) is 0 Å². The van der Waals surface area contributed by atoms with Gasteiger partial charge in [0.05, 0.1) is 0 Å². The number of hydrogen-bond acceptors (Lipinski definition) is 2. The summed E-state index contributed by atoms with van der Waals surface area (Å²) in [7, 11) is 0. The molecule has 0 aliphatic heterocycles. The van der Waals surface area contributed by atoms with Crippen LogP contribution >= 0.6 is 0 Å². The van der Waals surface area contributed by atoms with Crippen molar-refractivity contribution in [2.45, 2.75) is 0 Å². The van der Waals surface area contributed by atoms with Crippen LogP contribution in [-0.2, 0) is 33.8 Å². The molecule has 0 fully saturated rings.